The van der Waals surface area contributed by atoms with Gasteiger partial charge in [0.15, 0.2) is 0 Å². The van der Waals surface area contributed by atoms with E-state index in [1.807, 2.05) is 0 Å². The van der Waals surface area contributed by atoms with Crippen molar-refractivity contribution in [2.45, 2.75) is 97.1 Å². The van der Waals surface area contributed by atoms with Crippen LogP contribution in [-0.2, 0) is 0 Å². The predicted octanol–water partition coefficient (Wildman–Crippen LogP) is 5.86. The lowest BCUT2D eigenvalue weighted by molar-refractivity contribution is 0.452. The first-order valence-corrected chi connectivity index (χ1v) is 7.49. The first kappa shape index (κ1) is 16.1. The second-order valence-electron chi connectivity index (χ2n) is 5.56. The highest BCUT2D eigenvalue weighted by Crippen LogP contribution is 2.37. The van der Waals surface area contributed by atoms with Gasteiger partial charge in [-0.2, -0.15) is 0 Å². The Morgan fingerprint density at radius 3 is 1.69 bits per heavy atom. The fraction of sp³-hybridized carbons (Fsp3) is 1.00. The molecule has 0 aromatic carbocycles. The summed E-state index contributed by atoms with van der Waals surface area (Å²) in [4.78, 5) is 0. The van der Waals surface area contributed by atoms with E-state index in [0.29, 0.717) is 5.31 Å². The van der Waals surface area contributed by atoms with Gasteiger partial charge in [0.25, 0.3) is 0 Å². The van der Waals surface area contributed by atoms with E-state index in [4.69, 9.17) is 0 Å². The van der Waals surface area contributed by atoms with Crippen LogP contribution in [0.3, 0.4) is 0 Å². The molecule has 1 heteroatoms. The van der Waals surface area contributed by atoms with E-state index >= 15 is 0 Å². The molecule has 0 nitrogen and oxygen atoms in total. The smallest absolute Gasteiger partial charge is 0.0914 e. The molecule has 0 heterocycles. The van der Waals surface area contributed by atoms with E-state index in [0.717, 1.165) is 0 Å². The molecule has 0 N–H and O–H groups in total. The van der Waals surface area contributed by atoms with E-state index < -0.39 is 0 Å². The van der Waals surface area contributed by atoms with E-state index in [1.54, 1.807) is 0 Å². The molecule has 0 spiro atoms. The van der Waals surface area contributed by atoms with Crippen molar-refractivity contribution in [3.8, 4) is 0 Å². The van der Waals surface area contributed by atoms with Gasteiger partial charge < -0.3 is 0 Å². The van der Waals surface area contributed by atoms with Crippen molar-refractivity contribution in [3.63, 3.8) is 0 Å². The third-order valence-electron chi connectivity index (χ3n) is 3.90. The summed E-state index contributed by atoms with van der Waals surface area (Å²) >= 11 is 0. The average molecular weight is 223 g/mol. The van der Waals surface area contributed by atoms with Gasteiger partial charge in [-0.3, -0.25) is 0 Å². The summed E-state index contributed by atoms with van der Waals surface area (Å²) in [6.07, 6.45) is 14.0. The zero-order chi connectivity index (χ0) is 12.3. The van der Waals surface area contributed by atoms with Gasteiger partial charge in [0.1, 0.15) is 7.28 Å². The minimum atomic E-state index is 0.515. The normalized spacial score (nSPS) is 14.8. The Labute approximate surface area is 105 Å². The van der Waals surface area contributed by atoms with Gasteiger partial charge >= 0.3 is 0 Å². The second kappa shape index (κ2) is 10.2. The summed E-state index contributed by atoms with van der Waals surface area (Å²) in [7, 11) is 2.45. The zero-order valence-corrected chi connectivity index (χ0v) is 12.1. The number of hydrogen-bond donors (Lipinski definition) is 0. The average Bonchev–Trinajstić information content (AvgIpc) is 2.29. The van der Waals surface area contributed by atoms with Crippen LogP contribution in [0.25, 0.3) is 0 Å². The van der Waals surface area contributed by atoms with Gasteiger partial charge in [0, 0.05) is 0 Å². The Kier molecular flexibility index (Phi) is 10.3. The summed E-state index contributed by atoms with van der Waals surface area (Å²) in [6, 6.07) is 0. The molecule has 0 aromatic heterocycles. The van der Waals surface area contributed by atoms with E-state index in [1.165, 1.54) is 64.2 Å². The maximum Gasteiger partial charge on any atom is 0.114 e. The van der Waals surface area contributed by atoms with Gasteiger partial charge in [-0.15, -0.1) is 0 Å². The Bertz CT molecular complexity index is 144. The fourth-order valence-corrected chi connectivity index (χ4v) is 2.32. The summed E-state index contributed by atoms with van der Waals surface area (Å²) in [6.45, 7) is 9.27. The molecule has 0 bridgehead atoms. The Morgan fingerprint density at radius 1 is 0.750 bits per heavy atom. The molecule has 0 aliphatic heterocycles. The highest BCUT2D eigenvalue weighted by Gasteiger charge is 2.21. The highest BCUT2D eigenvalue weighted by molar-refractivity contribution is 6.38. The van der Waals surface area contributed by atoms with Crippen LogP contribution in [0.1, 0.15) is 85.0 Å². The van der Waals surface area contributed by atoms with Crippen molar-refractivity contribution in [2.24, 2.45) is 0 Å². The summed E-state index contributed by atoms with van der Waals surface area (Å²) in [5.74, 6) is 0. The highest BCUT2D eigenvalue weighted by atomic mass is 14.2. The molecule has 0 saturated carbocycles. The van der Waals surface area contributed by atoms with Crippen molar-refractivity contribution in [1.82, 2.24) is 0 Å². The van der Waals surface area contributed by atoms with Crippen LogP contribution >= 0.6 is 0 Å². The lowest BCUT2D eigenvalue weighted by Crippen LogP contribution is -2.14. The maximum absolute atomic E-state index is 2.45. The maximum atomic E-state index is 2.45. The van der Waals surface area contributed by atoms with E-state index in [9.17, 15) is 0 Å². The molecule has 16 heavy (non-hydrogen) atoms. The van der Waals surface area contributed by atoms with Gasteiger partial charge in [-0.1, -0.05) is 97.1 Å². The van der Waals surface area contributed by atoms with Crippen LogP contribution in [-0.4, -0.2) is 7.28 Å². The van der Waals surface area contributed by atoms with Gasteiger partial charge in [0.2, 0.25) is 0 Å². The molecular weight excluding hydrogens is 191 g/mol. The molecule has 0 rings (SSSR count). The number of rotatable bonds is 11. The molecule has 0 aromatic rings. The molecule has 1 radical (unpaired) electrons. The van der Waals surface area contributed by atoms with Gasteiger partial charge in [0.05, 0.1) is 0 Å². The molecule has 0 aliphatic rings. The minimum Gasteiger partial charge on any atom is -0.0914 e. The standard InChI is InChI=1S/C15H32B/c1-5-7-9-10-12-14-15(3,16-4)13-11-8-6-2/h5-14H2,1-4H3. The summed E-state index contributed by atoms with van der Waals surface area (Å²) in [5.41, 5.74) is 0. The predicted molar refractivity (Wildman–Crippen MR) is 77.5 cm³/mol. The van der Waals surface area contributed by atoms with Crippen LogP contribution in [0.4, 0.5) is 0 Å². The zero-order valence-electron chi connectivity index (χ0n) is 12.1. The largest absolute Gasteiger partial charge is 0.114 e. The van der Waals surface area contributed by atoms with Crippen molar-refractivity contribution < 1.29 is 0 Å². The number of hydrogen-bond acceptors (Lipinski definition) is 0. The lowest BCUT2D eigenvalue weighted by atomic mass is 9.51. The molecular formula is C15H32B. The molecule has 0 fully saturated rings. The summed E-state index contributed by atoms with van der Waals surface area (Å²) < 4.78 is 0. The van der Waals surface area contributed by atoms with Crippen LogP contribution < -0.4 is 0 Å². The topological polar surface area (TPSA) is 0 Å². The summed E-state index contributed by atoms with van der Waals surface area (Å²) in [5, 5.41) is 0.515. The van der Waals surface area contributed by atoms with E-state index in [-0.39, 0.29) is 0 Å². The second-order valence-corrected chi connectivity index (χ2v) is 5.56. The minimum absolute atomic E-state index is 0.515. The first-order valence-electron chi connectivity index (χ1n) is 7.49. The van der Waals surface area contributed by atoms with Gasteiger partial charge in [-0.05, 0) is 0 Å². The molecule has 0 amide bonds. The fourth-order valence-electron chi connectivity index (χ4n) is 2.32. The molecule has 1 unspecified atom stereocenters. The monoisotopic (exact) mass is 223 g/mol. The van der Waals surface area contributed by atoms with Gasteiger partial charge in [-0.25, -0.2) is 0 Å². The molecule has 0 saturated heterocycles. The van der Waals surface area contributed by atoms with Crippen molar-refractivity contribution in [2.75, 3.05) is 0 Å². The lowest BCUT2D eigenvalue weighted by Gasteiger charge is -2.28. The van der Waals surface area contributed by atoms with E-state index in [2.05, 4.69) is 34.9 Å². The SMILES string of the molecule is C[B]C(C)(CCCCC)CCCCCCC. The first-order chi connectivity index (χ1) is 7.68. The van der Waals surface area contributed by atoms with Crippen molar-refractivity contribution in [1.29, 1.82) is 0 Å². The Morgan fingerprint density at radius 2 is 1.19 bits per heavy atom. The van der Waals surface area contributed by atoms with Crippen LogP contribution in [0, 0.1) is 0 Å². The Balaban J connectivity index is 3.61. The molecule has 1 atom stereocenters. The van der Waals surface area contributed by atoms with Crippen molar-refractivity contribution >= 4 is 7.28 Å². The molecule has 0 aliphatic carbocycles. The third kappa shape index (κ3) is 8.24. The molecule has 95 valence electrons. The Hall–Kier alpha value is 0.0649. The van der Waals surface area contributed by atoms with Crippen LogP contribution in [0.2, 0.25) is 12.1 Å². The number of unbranched alkanes of at least 4 members (excludes halogenated alkanes) is 6. The van der Waals surface area contributed by atoms with Crippen molar-refractivity contribution in [3.05, 3.63) is 0 Å². The van der Waals surface area contributed by atoms with Crippen LogP contribution in [0.5, 0.6) is 0 Å². The van der Waals surface area contributed by atoms with Crippen LogP contribution in [0.15, 0.2) is 0 Å². The third-order valence-corrected chi connectivity index (χ3v) is 3.90. The quantitative estimate of drug-likeness (QED) is 0.304.